The molecule has 22 heavy (non-hydrogen) atoms. The average molecular weight is 315 g/mol. The van der Waals surface area contributed by atoms with E-state index < -0.39 is 0 Å². The van der Waals surface area contributed by atoms with Crippen LogP contribution in [0, 0.1) is 0 Å². The van der Waals surface area contributed by atoms with Crippen LogP contribution >= 0.6 is 11.3 Å². The number of fused-ring (bicyclic) bond motifs is 2. The molecule has 0 saturated carbocycles. The van der Waals surface area contributed by atoms with Crippen LogP contribution in [0.3, 0.4) is 0 Å². The van der Waals surface area contributed by atoms with Gasteiger partial charge in [-0.1, -0.05) is 12.8 Å². The van der Waals surface area contributed by atoms with Gasteiger partial charge in [-0.05, 0) is 43.7 Å². The minimum Gasteiger partial charge on any atom is -0.397 e. The monoisotopic (exact) mass is 315 g/mol. The molecule has 4 nitrogen and oxygen atoms in total. The number of rotatable bonds is 1. The zero-order valence-corrected chi connectivity index (χ0v) is 13.5. The summed E-state index contributed by atoms with van der Waals surface area (Å²) in [5.41, 5.74) is 9.45. The molecule has 0 spiro atoms. The van der Waals surface area contributed by atoms with Crippen LogP contribution in [0.15, 0.2) is 6.07 Å². The fraction of sp³-hybridized carbons (Fsp3) is 0.529. The number of likely N-dealkylation sites (tertiary alicyclic amines) is 1. The summed E-state index contributed by atoms with van der Waals surface area (Å²) in [7, 11) is 0. The van der Waals surface area contributed by atoms with Crippen LogP contribution in [-0.4, -0.2) is 28.9 Å². The fourth-order valence-corrected chi connectivity index (χ4v) is 4.64. The Balaban J connectivity index is 1.72. The molecule has 2 N–H and O–H groups in total. The highest BCUT2D eigenvalue weighted by molar-refractivity contribution is 7.21. The standard InChI is InChI=1S/C17H21N3OS/c18-14-12-10-11-6-5-7-13(11)19-16(12)22-15(14)17(21)20-8-3-1-2-4-9-20/h10H,1-9,18H2. The topological polar surface area (TPSA) is 59.2 Å². The summed E-state index contributed by atoms with van der Waals surface area (Å²) in [5, 5.41) is 0.976. The average Bonchev–Trinajstić information content (AvgIpc) is 2.98. The fourth-order valence-electron chi connectivity index (χ4n) is 3.57. The molecule has 0 radical (unpaired) electrons. The molecular formula is C17H21N3OS. The van der Waals surface area contributed by atoms with Crippen molar-refractivity contribution in [3.63, 3.8) is 0 Å². The van der Waals surface area contributed by atoms with E-state index in [2.05, 4.69) is 6.07 Å². The summed E-state index contributed by atoms with van der Waals surface area (Å²) in [5.74, 6) is 0.0996. The number of carbonyl (C=O) groups is 1. The van der Waals surface area contributed by atoms with Crippen LogP contribution < -0.4 is 5.73 Å². The molecule has 0 unspecified atom stereocenters. The second-order valence-corrected chi connectivity index (χ2v) is 7.35. The first-order valence-electron chi connectivity index (χ1n) is 8.24. The number of anilines is 1. The Labute approximate surface area is 134 Å². The summed E-state index contributed by atoms with van der Waals surface area (Å²) in [6, 6.07) is 2.16. The molecule has 2 aliphatic rings. The van der Waals surface area contributed by atoms with Crippen LogP contribution in [0.4, 0.5) is 5.69 Å². The highest BCUT2D eigenvalue weighted by Crippen LogP contribution is 2.36. The maximum Gasteiger partial charge on any atom is 0.266 e. The van der Waals surface area contributed by atoms with Crippen LogP contribution in [0.2, 0.25) is 0 Å². The number of pyridine rings is 1. The number of thiophene rings is 1. The molecule has 1 aliphatic carbocycles. The van der Waals surface area contributed by atoms with Crippen LogP contribution in [0.1, 0.15) is 53.0 Å². The number of nitrogen functional groups attached to an aromatic ring is 1. The van der Waals surface area contributed by atoms with Crippen molar-refractivity contribution < 1.29 is 4.79 Å². The summed E-state index contributed by atoms with van der Waals surface area (Å²) in [4.78, 5) is 21.2. The van der Waals surface area contributed by atoms with E-state index in [1.807, 2.05) is 4.90 Å². The van der Waals surface area contributed by atoms with Gasteiger partial charge in [-0.2, -0.15) is 0 Å². The van der Waals surface area contributed by atoms with Gasteiger partial charge in [0.25, 0.3) is 5.91 Å². The molecular weight excluding hydrogens is 294 g/mol. The van der Waals surface area contributed by atoms with Crippen molar-refractivity contribution in [3.8, 4) is 0 Å². The van der Waals surface area contributed by atoms with Gasteiger partial charge in [0.1, 0.15) is 9.71 Å². The molecule has 0 aromatic carbocycles. The molecule has 2 aromatic rings. The van der Waals surface area contributed by atoms with E-state index in [-0.39, 0.29) is 5.91 Å². The molecule has 1 fully saturated rings. The number of hydrogen-bond donors (Lipinski definition) is 1. The minimum atomic E-state index is 0.0996. The van der Waals surface area contributed by atoms with Crippen LogP contribution in [0.25, 0.3) is 10.2 Å². The third kappa shape index (κ3) is 2.28. The lowest BCUT2D eigenvalue weighted by atomic mass is 10.1. The van der Waals surface area contributed by atoms with E-state index in [1.54, 1.807) is 0 Å². The van der Waals surface area contributed by atoms with Gasteiger partial charge < -0.3 is 10.6 Å². The van der Waals surface area contributed by atoms with Crippen LogP contribution in [0.5, 0.6) is 0 Å². The lowest BCUT2D eigenvalue weighted by molar-refractivity contribution is 0.0767. The lowest BCUT2D eigenvalue weighted by Crippen LogP contribution is -2.31. The van der Waals surface area contributed by atoms with Crippen molar-refractivity contribution in [1.82, 2.24) is 9.88 Å². The largest absolute Gasteiger partial charge is 0.397 e. The Bertz CT molecular complexity index is 729. The van der Waals surface area contributed by atoms with Gasteiger partial charge in [-0.25, -0.2) is 4.98 Å². The molecule has 2 aromatic heterocycles. The predicted octanol–water partition coefficient (Wildman–Crippen LogP) is 3.38. The van der Waals surface area contributed by atoms with Crippen molar-refractivity contribution in [2.45, 2.75) is 44.9 Å². The second-order valence-electron chi connectivity index (χ2n) is 6.35. The highest BCUT2D eigenvalue weighted by Gasteiger charge is 2.24. The SMILES string of the molecule is Nc1c(C(=O)N2CCCCCC2)sc2nc3c(cc12)CCC3. The lowest BCUT2D eigenvalue weighted by Gasteiger charge is -2.19. The molecule has 1 aliphatic heterocycles. The van der Waals surface area contributed by atoms with Gasteiger partial charge in [0.05, 0.1) is 5.69 Å². The first kappa shape index (κ1) is 14.0. The number of nitrogens with zero attached hydrogens (tertiary/aromatic N) is 2. The first-order valence-corrected chi connectivity index (χ1v) is 9.06. The molecule has 0 bridgehead atoms. The van der Waals surface area contributed by atoms with E-state index in [1.165, 1.54) is 41.9 Å². The van der Waals surface area contributed by atoms with E-state index >= 15 is 0 Å². The maximum atomic E-state index is 12.8. The van der Waals surface area contributed by atoms with Gasteiger partial charge in [0, 0.05) is 24.2 Å². The predicted molar refractivity (Wildman–Crippen MR) is 90.4 cm³/mol. The molecule has 5 heteroatoms. The summed E-state index contributed by atoms with van der Waals surface area (Å²) < 4.78 is 0. The van der Waals surface area contributed by atoms with Gasteiger partial charge in [0.2, 0.25) is 0 Å². The molecule has 116 valence electrons. The molecule has 1 amide bonds. The van der Waals surface area contributed by atoms with E-state index in [9.17, 15) is 4.79 Å². The number of hydrogen-bond acceptors (Lipinski definition) is 4. The van der Waals surface area contributed by atoms with Crippen molar-refractivity contribution in [2.24, 2.45) is 0 Å². The number of aromatic nitrogens is 1. The highest BCUT2D eigenvalue weighted by atomic mass is 32.1. The van der Waals surface area contributed by atoms with Gasteiger partial charge >= 0.3 is 0 Å². The number of nitrogens with two attached hydrogens (primary N) is 1. The third-order valence-electron chi connectivity index (χ3n) is 4.84. The first-order chi connectivity index (χ1) is 10.7. The molecule has 1 saturated heterocycles. The number of aryl methyl sites for hydroxylation is 2. The van der Waals surface area contributed by atoms with Gasteiger partial charge in [0.15, 0.2) is 0 Å². The van der Waals surface area contributed by atoms with E-state index in [0.717, 1.165) is 49.0 Å². The minimum absolute atomic E-state index is 0.0996. The van der Waals surface area contributed by atoms with Crippen molar-refractivity contribution in [1.29, 1.82) is 0 Å². The van der Waals surface area contributed by atoms with E-state index in [0.29, 0.717) is 10.6 Å². The molecule has 3 heterocycles. The van der Waals surface area contributed by atoms with Crippen LogP contribution in [-0.2, 0) is 12.8 Å². The summed E-state index contributed by atoms with van der Waals surface area (Å²) >= 11 is 1.47. The van der Waals surface area contributed by atoms with Gasteiger partial charge in [-0.15, -0.1) is 11.3 Å². The second kappa shape index (κ2) is 5.54. The Morgan fingerprint density at radius 2 is 1.91 bits per heavy atom. The Kier molecular flexibility index (Phi) is 3.53. The smallest absolute Gasteiger partial charge is 0.266 e. The molecule has 0 atom stereocenters. The zero-order chi connectivity index (χ0) is 15.1. The van der Waals surface area contributed by atoms with Gasteiger partial charge in [-0.3, -0.25) is 4.79 Å². The maximum absolute atomic E-state index is 12.8. The van der Waals surface area contributed by atoms with Crippen molar-refractivity contribution in [3.05, 3.63) is 22.2 Å². The number of carbonyl (C=O) groups excluding carboxylic acids is 1. The zero-order valence-electron chi connectivity index (χ0n) is 12.7. The summed E-state index contributed by atoms with van der Waals surface area (Å²) in [6.45, 7) is 1.72. The van der Waals surface area contributed by atoms with Crippen molar-refractivity contribution in [2.75, 3.05) is 18.8 Å². The third-order valence-corrected chi connectivity index (χ3v) is 5.94. The molecule has 4 rings (SSSR count). The van der Waals surface area contributed by atoms with Crippen molar-refractivity contribution >= 4 is 33.1 Å². The Morgan fingerprint density at radius 3 is 2.68 bits per heavy atom. The Morgan fingerprint density at radius 1 is 1.14 bits per heavy atom. The normalized spacial score (nSPS) is 18.5. The number of amides is 1. The summed E-state index contributed by atoms with van der Waals surface area (Å²) in [6.07, 6.45) is 7.96. The van der Waals surface area contributed by atoms with E-state index in [4.69, 9.17) is 10.7 Å². The Hall–Kier alpha value is -1.62. The quantitative estimate of drug-likeness (QED) is 0.877.